The summed E-state index contributed by atoms with van der Waals surface area (Å²) in [5.41, 5.74) is 3.91. The number of benzene rings is 2. The van der Waals surface area contributed by atoms with Crippen molar-refractivity contribution in [3.05, 3.63) is 70.4 Å². The molecule has 0 amide bonds. The van der Waals surface area contributed by atoms with E-state index in [-0.39, 0.29) is 11.6 Å². The van der Waals surface area contributed by atoms with Crippen molar-refractivity contribution in [3.8, 4) is 22.3 Å². The average molecular weight is 377 g/mol. The second-order valence-electron chi connectivity index (χ2n) is 6.12. The zero-order chi connectivity index (χ0) is 18.3. The van der Waals surface area contributed by atoms with Crippen LogP contribution in [-0.4, -0.2) is 11.6 Å². The number of ketones is 2. The predicted molar refractivity (Wildman–Crippen MR) is 111 cm³/mol. The van der Waals surface area contributed by atoms with Crippen molar-refractivity contribution < 1.29 is 9.59 Å². The van der Waals surface area contributed by atoms with Crippen LogP contribution >= 0.6 is 22.7 Å². The summed E-state index contributed by atoms with van der Waals surface area (Å²) in [5, 5.41) is 1.02. The van der Waals surface area contributed by atoms with E-state index in [1.54, 1.807) is 13.8 Å². The van der Waals surface area contributed by atoms with Crippen LogP contribution in [0.1, 0.15) is 33.2 Å². The fourth-order valence-corrected chi connectivity index (χ4v) is 5.80. The largest absolute Gasteiger partial charge is 0.294 e. The molecule has 2 nitrogen and oxygen atoms in total. The molecule has 0 N–H and O–H groups in total. The molecule has 4 rings (SSSR count). The van der Waals surface area contributed by atoms with Crippen molar-refractivity contribution in [1.82, 2.24) is 0 Å². The van der Waals surface area contributed by atoms with Gasteiger partial charge in [-0.2, -0.15) is 0 Å². The fraction of sp³-hybridized carbons (Fsp3) is 0.0909. The lowest BCUT2D eigenvalue weighted by molar-refractivity contribution is 0.101. The van der Waals surface area contributed by atoms with Gasteiger partial charge in [0.05, 0.1) is 13.8 Å². The Morgan fingerprint density at radius 3 is 1.38 bits per heavy atom. The quantitative estimate of drug-likeness (QED) is 0.371. The molecule has 0 fully saturated rings. The Balaban J connectivity index is 2.16. The minimum Gasteiger partial charge on any atom is -0.294 e. The van der Waals surface area contributed by atoms with Crippen LogP contribution < -0.4 is 0 Å². The van der Waals surface area contributed by atoms with E-state index in [2.05, 4.69) is 0 Å². The van der Waals surface area contributed by atoms with Gasteiger partial charge < -0.3 is 0 Å². The zero-order valence-corrected chi connectivity index (χ0v) is 16.0. The summed E-state index contributed by atoms with van der Waals surface area (Å²) in [4.78, 5) is 26.2. The molecule has 2 heterocycles. The number of thiophene rings is 2. The zero-order valence-electron chi connectivity index (χ0n) is 14.4. The minimum absolute atomic E-state index is 0.0561. The van der Waals surface area contributed by atoms with Crippen LogP contribution in [0.15, 0.2) is 60.7 Å². The highest BCUT2D eigenvalue weighted by molar-refractivity contribution is 7.40. The molecule has 0 saturated carbocycles. The maximum atomic E-state index is 12.3. The lowest BCUT2D eigenvalue weighted by Gasteiger charge is -2.07. The summed E-state index contributed by atoms with van der Waals surface area (Å²) in [6.07, 6.45) is 0. The van der Waals surface area contributed by atoms with Crippen LogP contribution in [0, 0.1) is 0 Å². The van der Waals surface area contributed by atoms with Crippen LogP contribution in [0.25, 0.3) is 31.7 Å². The number of hydrogen-bond donors (Lipinski definition) is 0. The Hall–Kier alpha value is -2.56. The van der Waals surface area contributed by atoms with E-state index in [4.69, 9.17) is 0 Å². The van der Waals surface area contributed by atoms with Gasteiger partial charge >= 0.3 is 0 Å². The number of rotatable bonds is 4. The van der Waals surface area contributed by atoms with Crippen molar-refractivity contribution in [2.24, 2.45) is 0 Å². The lowest BCUT2D eigenvalue weighted by atomic mass is 9.95. The highest BCUT2D eigenvalue weighted by Crippen LogP contribution is 2.49. The van der Waals surface area contributed by atoms with Crippen molar-refractivity contribution in [2.75, 3.05) is 0 Å². The van der Waals surface area contributed by atoms with Crippen molar-refractivity contribution in [2.45, 2.75) is 13.8 Å². The van der Waals surface area contributed by atoms with Gasteiger partial charge in [0.2, 0.25) is 0 Å². The van der Waals surface area contributed by atoms with E-state index < -0.39 is 0 Å². The molecule has 4 aromatic rings. The summed E-state index contributed by atoms with van der Waals surface area (Å²) >= 11 is 2.98. The standard InChI is InChI=1S/C22H16O2S2/c1-13(23)20-17(15-9-5-3-6-10-15)19-18(16-11-7-4-8-12-16)21(14(2)24)26-22(19)25-20/h3-12H,1-2H3. The van der Waals surface area contributed by atoms with Crippen LogP contribution in [0.2, 0.25) is 0 Å². The van der Waals surface area contributed by atoms with Crippen LogP contribution in [0.5, 0.6) is 0 Å². The Kier molecular flexibility index (Phi) is 4.31. The van der Waals surface area contributed by atoms with Gasteiger partial charge in [-0.3, -0.25) is 9.59 Å². The van der Waals surface area contributed by atoms with Gasteiger partial charge in [-0.05, 0) is 25.0 Å². The monoisotopic (exact) mass is 376 g/mol. The Morgan fingerprint density at radius 1 is 0.654 bits per heavy atom. The molecule has 0 bridgehead atoms. The number of hydrogen-bond acceptors (Lipinski definition) is 4. The molecule has 2 aromatic heterocycles. The Bertz CT molecular complexity index is 1030. The normalized spacial score (nSPS) is 11.0. The molecule has 0 saturated heterocycles. The first-order valence-corrected chi connectivity index (χ1v) is 9.93. The number of carbonyl (C=O) groups is 2. The summed E-state index contributed by atoms with van der Waals surface area (Å²) in [6.45, 7) is 3.21. The fourth-order valence-electron chi connectivity index (χ4n) is 3.22. The molecule has 0 atom stereocenters. The molecule has 128 valence electrons. The summed E-state index contributed by atoms with van der Waals surface area (Å²) in [7, 11) is 0. The molecular weight excluding hydrogens is 360 g/mol. The van der Waals surface area contributed by atoms with E-state index in [1.807, 2.05) is 60.7 Å². The van der Waals surface area contributed by atoms with Gasteiger partial charge in [0.1, 0.15) is 0 Å². The molecule has 0 radical (unpaired) electrons. The number of carbonyl (C=O) groups excluding carboxylic acids is 2. The second kappa shape index (κ2) is 6.63. The van der Waals surface area contributed by atoms with Crippen LogP contribution in [0.3, 0.4) is 0 Å². The number of Topliss-reactive ketones (excluding diaryl/α,β-unsaturated/α-hetero) is 2. The summed E-state index contributed by atoms with van der Waals surface area (Å²) in [5.74, 6) is 0.112. The maximum Gasteiger partial charge on any atom is 0.170 e. The molecule has 0 aliphatic heterocycles. The van der Waals surface area contributed by atoms with Gasteiger partial charge in [-0.15, -0.1) is 22.7 Å². The van der Waals surface area contributed by atoms with Crippen molar-refractivity contribution >= 4 is 43.6 Å². The average Bonchev–Trinajstić information content (AvgIpc) is 3.19. The Labute approximate surface area is 159 Å². The second-order valence-corrected chi connectivity index (χ2v) is 8.42. The third-order valence-corrected chi connectivity index (χ3v) is 6.98. The third-order valence-electron chi connectivity index (χ3n) is 4.31. The van der Waals surface area contributed by atoms with Gasteiger partial charge in [-0.1, -0.05) is 60.7 Å². The van der Waals surface area contributed by atoms with E-state index in [9.17, 15) is 9.59 Å². The first kappa shape index (κ1) is 16.9. The SMILES string of the molecule is CC(=O)c1sc2sc(C(C)=O)c(-c3ccccc3)c2c1-c1ccccc1. The molecule has 4 heteroatoms. The summed E-state index contributed by atoms with van der Waals surface area (Å²) < 4.78 is 1.03. The first-order valence-electron chi connectivity index (χ1n) is 8.30. The molecule has 0 aliphatic rings. The molecule has 26 heavy (non-hydrogen) atoms. The number of fused-ring (bicyclic) bond motifs is 1. The smallest absolute Gasteiger partial charge is 0.170 e. The van der Waals surface area contributed by atoms with Crippen molar-refractivity contribution in [1.29, 1.82) is 0 Å². The van der Waals surface area contributed by atoms with Gasteiger partial charge in [0.15, 0.2) is 11.6 Å². The highest BCUT2D eigenvalue weighted by atomic mass is 32.2. The topological polar surface area (TPSA) is 34.1 Å². The third kappa shape index (κ3) is 2.71. The lowest BCUT2D eigenvalue weighted by Crippen LogP contribution is -1.94. The van der Waals surface area contributed by atoms with E-state index in [0.717, 1.165) is 41.4 Å². The summed E-state index contributed by atoms with van der Waals surface area (Å²) in [6, 6.07) is 19.9. The first-order chi connectivity index (χ1) is 12.6. The van der Waals surface area contributed by atoms with E-state index >= 15 is 0 Å². The highest BCUT2D eigenvalue weighted by Gasteiger charge is 2.26. The maximum absolute atomic E-state index is 12.3. The molecule has 0 spiro atoms. The molecule has 0 aliphatic carbocycles. The van der Waals surface area contributed by atoms with Gasteiger partial charge in [0.25, 0.3) is 0 Å². The van der Waals surface area contributed by atoms with E-state index in [1.165, 1.54) is 22.7 Å². The van der Waals surface area contributed by atoms with Crippen molar-refractivity contribution in [3.63, 3.8) is 0 Å². The minimum atomic E-state index is 0.0561. The molecule has 2 aromatic carbocycles. The van der Waals surface area contributed by atoms with Crippen LogP contribution in [0.4, 0.5) is 0 Å². The van der Waals surface area contributed by atoms with Crippen LogP contribution in [-0.2, 0) is 0 Å². The van der Waals surface area contributed by atoms with E-state index in [0.29, 0.717) is 0 Å². The molecular formula is C22H16O2S2. The van der Waals surface area contributed by atoms with Gasteiger partial charge in [0, 0.05) is 16.5 Å². The Morgan fingerprint density at radius 2 is 1.04 bits per heavy atom. The van der Waals surface area contributed by atoms with Gasteiger partial charge in [-0.25, -0.2) is 0 Å². The molecule has 0 unspecified atom stereocenters. The predicted octanol–water partition coefficient (Wildman–Crippen LogP) is 6.70.